The Bertz CT molecular complexity index is 1690. The Hall–Kier alpha value is -5.69. The molecule has 0 radical (unpaired) electrons. The van der Waals surface area contributed by atoms with E-state index >= 15 is 0 Å². The number of rotatable bonds is 15. The van der Waals surface area contributed by atoms with Crippen molar-refractivity contribution in [1.29, 1.82) is 0 Å². The fraction of sp³-hybridized carbons (Fsp3) is 0.154. The molecule has 1 amide bonds. The smallest absolute Gasteiger partial charge is 0.326 e. The highest BCUT2D eigenvalue weighted by molar-refractivity contribution is 6.12. The van der Waals surface area contributed by atoms with E-state index in [1.807, 2.05) is 78.9 Å². The Morgan fingerprint density at radius 1 is 0.674 bits per heavy atom. The third-order valence-corrected chi connectivity index (χ3v) is 7.62. The van der Waals surface area contributed by atoms with E-state index < -0.39 is 17.9 Å². The van der Waals surface area contributed by atoms with Gasteiger partial charge in [0.25, 0.3) is 0 Å². The van der Waals surface area contributed by atoms with Gasteiger partial charge in [-0.1, -0.05) is 115 Å². The number of hydrogen-bond donors (Lipinski definition) is 3. The van der Waals surface area contributed by atoms with Gasteiger partial charge >= 0.3 is 5.97 Å². The molecule has 0 heterocycles. The molecule has 0 saturated heterocycles. The maximum atomic E-state index is 13.2. The summed E-state index contributed by atoms with van der Waals surface area (Å²) in [5, 5.41) is 16.1. The van der Waals surface area contributed by atoms with Crippen LogP contribution in [0, 0.1) is 0 Å². The van der Waals surface area contributed by atoms with Crippen molar-refractivity contribution in [3.05, 3.63) is 167 Å². The lowest BCUT2D eigenvalue weighted by Gasteiger charge is -2.19. The zero-order valence-corrected chi connectivity index (χ0v) is 25.3. The van der Waals surface area contributed by atoms with Crippen LogP contribution in [-0.4, -0.2) is 42.0 Å². The molecule has 0 aliphatic heterocycles. The average molecular weight is 613 g/mol. The molecular weight excluding hydrogens is 576 g/mol. The monoisotopic (exact) mass is 612 g/mol. The second-order valence-electron chi connectivity index (χ2n) is 10.9. The van der Waals surface area contributed by atoms with E-state index in [9.17, 15) is 19.5 Å². The predicted molar refractivity (Wildman–Crippen MR) is 179 cm³/mol. The largest absolute Gasteiger partial charge is 0.494 e. The molecule has 0 aliphatic carbocycles. The van der Waals surface area contributed by atoms with E-state index in [-0.39, 0.29) is 18.1 Å². The van der Waals surface area contributed by atoms with Crippen LogP contribution in [0.5, 0.6) is 5.75 Å². The van der Waals surface area contributed by atoms with Gasteiger partial charge in [0.2, 0.25) is 5.91 Å². The van der Waals surface area contributed by atoms with Gasteiger partial charge in [-0.25, -0.2) is 4.79 Å². The zero-order valence-electron chi connectivity index (χ0n) is 25.3. The van der Waals surface area contributed by atoms with Gasteiger partial charge in [0, 0.05) is 29.8 Å². The van der Waals surface area contributed by atoms with Crippen LogP contribution in [0.3, 0.4) is 0 Å². The quantitative estimate of drug-likeness (QED) is 0.0894. The first-order valence-electron chi connectivity index (χ1n) is 15.3. The summed E-state index contributed by atoms with van der Waals surface area (Å²) in [6.07, 6.45) is 0.829. The fourth-order valence-electron chi connectivity index (χ4n) is 5.26. The van der Waals surface area contributed by atoms with Crippen molar-refractivity contribution >= 4 is 23.3 Å². The summed E-state index contributed by atoms with van der Waals surface area (Å²) >= 11 is 0. The molecule has 0 saturated carbocycles. The fourth-order valence-corrected chi connectivity index (χ4v) is 5.26. The van der Waals surface area contributed by atoms with Crippen molar-refractivity contribution < 1.29 is 24.2 Å². The Morgan fingerprint density at radius 2 is 1.24 bits per heavy atom. The Kier molecular flexibility index (Phi) is 10.9. The van der Waals surface area contributed by atoms with Crippen LogP contribution in [0.25, 0.3) is 0 Å². The number of carbonyl (C=O) groups is 3. The molecular formula is C39H36N2O5. The molecule has 5 aromatic rings. The Balaban J connectivity index is 1.12. The number of ketones is 1. The standard InChI is InChI=1S/C39H36N2O5/c42-37(31-17-8-3-9-18-31)33-19-10-11-20-34(33)41-35(39(44)45)27-28-21-23-32(24-22-28)46-26-12-25-40-38(43)36(29-13-4-1-5-14-29)30-15-6-2-7-16-30/h1-11,13-24,35-36,41H,12,25-27H2,(H,40,43)(H,44,45). The Labute approximate surface area is 268 Å². The maximum absolute atomic E-state index is 13.2. The zero-order chi connectivity index (χ0) is 32.1. The van der Waals surface area contributed by atoms with Crippen molar-refractivity contribution in [3.8, 4) is 5.75 Å². The maximum Gasteiger partial charge on any atom is 0.326 e. The van der Waals surface area contributed by atoms with Crippen LogP contribution in [0.2, 0.25) is 0 Å². The molecule has 1 unspecified atom stereocenters. The first-order valence-corrected chi connectivity index (χ1v) is 15.3. The first-order chi connectivity index (χ1) is 22.5. The number of carboxylic acids is 1. The number of aliphatic carboxylic acids is 1. The minimum absolute atomic E-state index is 0.0598. The number of benzene rings is 5. The summed E-state index contributed by atoms with van der Waals surface area (Å²) in [6.45, 7) is 0.875. The van der Waals surface area contributed by atoms with Gasteiger partial charge in [0.1, 0.15) is 11.8 Å². The molecule has 3 N–H and O–H groups in total. The lowest BCUT2D eigenvalue weighted by molar-refractivity contribution is -0.137. The highest BCUT2D eigenvalue weighted by Gasteiger charge is 2.23. The lowest BCUT2D eigenvalue weighted by Crippen LogP contribution is -2.32. The molecule has 7 nitrogen and oxygen atoms in total. The second kappa shape index (κ2) is 15.9. The minimum atomic E-state index is -1.02. The summed E-state index contributed by atoms with van der Waals surface area (Å²) in [5.41, 5.74) is 4.09. The second-order valence-corrected chi connectivity index (χ2v) is 10.9. The first kappa shape index (κ1) is 31.7. The number of ether oxygens (including phenoxy) is 1. The lowest BCUT2D eigenvalue weighted by atomic mass is 9.90. The van der Waals surface area contributed by atoms with Crippen molar-refractivity contribution in [2.24, 2.45) is 0 Å². The molecule has 1 atom stereocenters. The topological polar surface area (TPSA) is 105 Å². The van der Waals surface area contributed by atoms with Gasteiger partial charge in [-0.15, -0.1) is 0 Å². The molecule has 0 spiro atoms. The van der Waals surface area contributed by atoms with Crippen molar-refractivity contribution in [2.75, 3.05) is 18.5 Å². The minimum Gasteiger partial charge on any atom is -0.494 e. The predicted octanol–water partition coefficient (Wildman–Crippen LogP) is 6.74. The third-order valence-electron chi connectivity index (χ3n) is 7.62. The van der Waals surface area contributed by atoms with Gasteiger partial charge in [0.05, 0.1) is 12.5 Å². The average Bonchev–Trinajstić information content (AvgIpc) is 3.10. The van der Waals surface area contributed by atoms with Crippen molar-refractivity contribution in [3.63, 3.8) is 0 Å². The van der Waals surface area contributed by atoms with E-state index in [0.29, 0.717) is 42.1 Å². The molecule has 0 aromatic heterocycles. The van der Waals surface area contributed by atoms with E-state index in [1.165, 1.54) is 0 Å². The van der Waals surface area contributed by atoms with Crippen molar-refractivity contribution in [2.45, 2.75) is 24.8 Å². The van der Waals surface area contributed by atoms with Gasteiger partial charge in [0.15, 0.2) is 5.78 Å². The van der Waals surface area contributed by atoms with E-state index in [4.69, 9.17) is 4.74 Å². The summed E-state index contributed by atoms with van der Waals surface area (Å²) in [5.74, 6) is -0.999. The van der Waals surface area contributed by atoms with Gasteiger partial charge in [-0.05, 0) is 47.4 Å². The summed E-state index contributed by atoms with van der Waals surface area (Å²) in [7, 11) is 0. The van der Waals surface area contributed by atoms with Crippen LogP contribution < -0.4 is 15.4 Å². The van der Waals surface area contributed by atoms with Crippen LogP contribution in [0.1, 0.15) is 45.0 Å². The molecule has 7 heteroatoms. The van der Waals surface area contributed by atoms with Crippen LogP contribution >= 0.6 is 0 Å². The van der Waals surface area contributed by atoms with Gasteiger partial charge < -0.3 is 20.5 Å². The van der Waals surface area contributed by atoms with E-state index in [1.54, 1.807) is 60.7 Å². The van der Waals surface area contributed by atoms with Crippen LogP contribution in [0.15, 0.2) is 140 Å². The number of anilines is 1. The molecule has 0 bridgehead atoms. The summed E-state index contributed by atoms with van der Waals surface area (Å²) in [6, 6.07) is 41.6. The summed E-state index contributed by atoms with van der Waals surface area (Å²) < 4.78 is 5.88. The Morgan fingerprint density at radius 3 is 1.85 bits per heavy atom. The molecule has 5 rings (SSSR count). The highest BCUT2D eigenvalue weighted by Crippen LogP contribution is 2.25. The van der Waals surface area contributed by atoms with E-state index in [0.717, 1.165) is 16.7 Å². The normalized spacial score (nSPS) is 11.4. The number of carboxylic acid groups (broad SMARTS) is 1. The van der Waals surface area contributed by atoms with Gasteiger partial charge in [-0.2, -0.15) is 0 Å². The van der Waals surface area contributed by atoms with Crippen LogP contribution in [-0.2, 0) is 16.0 Å². The number of hydrogen-bond acceptors (Lipinski definition) is 5. The summed E-state index contributed by atoms with van der Waals surface area (Å²) in [4.78, 5) is 38.4. The van der Waals surface area contributed by atoms with Gasteiger partial charge in [-0.3, -0.25) is 9.59 Å². The molecule has 232 valence electrons. The molecule has 46 heavy (non-hydrogen) atoms. The third kappa shape index (κ3) is 8.48. The SMILES string of the molecule is O=C(c1ccccc1)c1ccccc1NC(Cc1ccc(OCCCNC(=O)C(c2ccccc2)c2ccccc2)cc1)C(=O)O. The highest BCUT2D eigenvalue weighted by atomic mass is 16.5. The van der Waals surface area contributed by atoms with Crippen LogP contribution in [0.4, 0.5) is 5.69 Å². The number of carbonyl (C=O) groups excluding carboxylic acids is 2. The molecule has 0 aliphatic rings. The number of nitrogens with one attached hydrogen (secondary N) is 2. The number of para-hydroxylation sites is 1. The van der Waals surface area contributed by atoms with Crippen molar-refractivity contribution in [1.82, 2.24) is 5.32 Å². The van der Waals surface area contributed by atoms with E-state index in [2.05, 4.69) is 10.6 Å². The molecule has 0 fully saturated rings. The number of amides is 1. The molecule has 5 aromatic carbocycles.